The van der Waals surface area contributed by atoms with Crippen LogP contribution in [0.5, 0.6) is 0 Å². The second-order valence-corrected chi connectivity index (χ2v) is 4.12. The van der Waals surface area contributed by atoms with Crippen LogP contribution >= 0.6 is 0 Å². The van der Waals surface area contributed by atoms with Gasteiger partial charge in [-0.15, -0.1) is 0 Å². The molecule has 1 unspecified atom stereocenters. The average molecular weight is 142 g/mol. The van der Waals surface area contributed by atoms with Crippen LogP contribution in [0.15, 0.2) is 0 Å². The maximum Gasteiger partial charge on any atom is 0.0122 e. The van der Waals surface area contributed by atoms with Crippen molar-refractivity contribution in [2.24, 2.45) is 5.73 Å². The van der Waals surface area contributed by atoms with Gasteiger partial charge in [-0.05, 0) is 40.3 Å². The fourth-order valence-corrected chi connectivity index (χ4v) is 1.44. The van der Waals surface area contributed by atoms with Crippen LogP contribution in [0.25, 0.3) is 0 Å². The van der Waals surface area contributed by atoms with Crippen LogP contribution in [0.1, 0.15) is 26.7 Å². The Kier molecular flexibility index (Phi) is 2.02. The Bertz CT molecular complexity index is 115. The van der Waals surface area contributed by atoms with Gasteiger partial charge in [-0.3, -0.25) is 0 Å². The summed E-state index contributed by atoms with van der Waals surface area (Å²) in [6.45, 7) is 5.44. The lowest BCUT2D eigenvalue weighted by molar-refractivity contribution is 0.100. The Morgan fingerprint density at radius 1 is 1.60 bits per heavy atom. The number of hydrogen-bond donors (Lipinski definition) is 1. The SMILES string of the molecule is CN1CCC1CC(C)(C)N. The van der Waals surface area contributed by atoms with Gasteiger partial charge in [-0.1, -0.05) is 0 Å². The molecule has 0 aliphatic carbocycles. The molecule has 1 fully saturated rings. The van der Waals surface area contributed by atoms with Gasteiger partial charge in [0.25, 0.3) is 0 Å². The quantitative estimate of drug-likeness (QED) is 0.618. The summed E-state index contributed by atoms with van der Waals surface area (Å²) in [5.41, 5.74) is 5.89. The highest BCUT2D eigenvalue weighted by atomic mass is 15.2. The first-order valence-electron chi connectivity index (χ1n) is 3.98. The summed E-state index contributed by atoms with van der Waals surface area (Å²) in [7, 11) is 2.17. The van der Waals surface area contributed by atoms with E-state index in [1.807, 2.05) is 0 Å². The second-order valence-electron chi connectivity index (χ2n) is 4.12. The van der Waals surface area contributed by atoms with Crippen molar-refractivity contribution in [2.45, 2.75) is 38.3 Å². The third kappa shape index (κ3) is 1.96. The maximum atomic E-state index is 5.88. The van der Waals surface area contributed by atoms with Crippen molar-refractivity contribution in [2.75, 3.05) is 13.6 Å². The van der Waals surface area contributed by atoms with E-state index in [0.717, 1.165) is 12.5 Å². The molecule has 1 rings (SSSR count). The van der Waals surface area contributed by atoms with E-state index < -0.39 is 0 Å². The Balaban J connectivity index is 2.26. The lowest BCUT2D eigenvalue weighted by Crippen LogP contribution is -2.50. The van der Waals surface area contributed by atoms with Crippen molar-refractivity contribution in [1.29, 1.82) is 0 Å². The summed E-state index contributed by atoms with van der Waals surface area (Å²) in [6, 6.07) is 0.750. The molecule has 0 spiro atoms. The molecule has 0 amide bonds. The van der Waals surface area contributed by atoms with Gasteiger partial charge in [-0.2, -0.15) is 0 Å². The van der Waals surface area contributed by atoms with Gasteiger partial charge < -0.3 is 10.6 Å². The third-order valence-electron chi connectivity index (χ3n) is 2.20. The van der Waals surface area contributed by atoms with Gasteiger partial charge in [0.15, 0.2) is 0 Å². The number of hydrogen-bond acceptors (Lipinski definition) is 2. The molecule has 0 aromatic carbocycles. The molecule has 2 heteroatoms. The largest absolute Gasteiger partial charge is 0.326 e. The summed E-state index contributed by atoms with van der Waals surface area (Å²) in [5.74, 6) is 0. The maximum absolute atomic E-state index is 5.88. The summed E-state index contributed by atoms with van der Waals surface area (Å²) >= 11 is 0. The Morgan fingerprint density at radius 3 is 2.30 bits per heavy atom. The van der Waals surface area contributed by atoms with Crippen molar-refractivity contribution in [1.82, 2.24) is 4.90 Å². The smallest absolute Gasteiger partial charge is 0.0122 e. The lowest BCUT2D eigenvalue weighted by atomic mass is 9.90. The Labute approximate surface area is 63.4 Å². The van der Waals surface area contributed by atoms with E-state index in [1.165, 1.54) is 13.0 Å². The van der Waals surface area contributed by atoms with Crippen molar-refractivity contribution < 1.29 is 0 Å². The van der Waals surface area contributed by atoms with E-state index in [4.69, 9.17) is 5.73 Å². The molecule has 1 aliphatic rings. The summed E-state index contributed by atoms with van der Waals surface area (Å²) < 4.78 is 0. The molecule has 1 atom stereocenters. The Morgan fingerprint density at radius 2 is 2.20 bits per heavy atom. The molecular weight excluding hydrogens is 124 g/mol. The summed E-state index contributed by atoms with van der Waals surface area (Å²) in [4.78, 5) is 2.37. The van der Waals surface area contributed by atoms with Crippen molar-refractivity contribution >= 4 is 0 Å². The van der Waals surface area contributed by atoms with E-state index in [-0.39, 0.29) is 5.54 Å². The first-order chi connectivity index (χ1) is 4.49. The average Bonchev–Trinajstić information content (AvgIpc) is 1.78. The van der Waals surface area contributed by atoms with E-state index in [1.54, 1.807) is 0 Å². The van der Waals surface area contributed by atoms with Gasteiger partial charge in [0.1, 0.15) is 0 Å². The van der Waals surface area contributed by atoms with Crippen LogP contribution in [0, 0.1) is 0 Å². The van der Waals surface area contributed by atoms with Gasteiger partial charge >= 0.3 is 0 Å². The molecule has 2 nitrogen and oxygen atoms in total. The first-order valence-corrected chi connectivity index (χ1v) is 3.98. The van der Waals surface area contributed by atoms with Crippen LogP contribution in [0.3, 0.4) is 0 Å². The highest BCUT2D eigenvalue weighted by Crippen LogP contribution is 2.22. The fourth-order valence-electron chi connectivity index (χ4n) is 1.44. The fraction of sp³-hybridized carbons (Fsp3) is 1.00. The van der Waals surface area contributed by atoms with E-state index in [9.17, 15) is 0 Å². The molecule has 10 heavy (non-hydrogen) atoms. The van der Waals surface area contributed by atoms with Crippen molar-refractivity contribution in [3.05, 3.63) is 0 Å². The summed E-state index contributed by atoms with van der Waals surface area (Å²) in [5, 5.41) is 0. The molecular formula is C8H18N2. The topological polar surface area (TPSA) is 29.3 Å². The number of likely N-dealkylation sites (tertiary alicyclic amines) is 1. The lowest BCUT2D eigenvalue weighted by Gasteiger charge is -2.41. The van der Waals surface area contributed by atoms with Gasteiger partial charge in [0.2, 0.25) is 0 Å². The Hall–Kier alpha value is -0.0800. The molecule has 2 N–H and O–H groups in total. The zero-order valence-electron chi connectivity index (χ0n) is 7.22. The number of nitrogens with zero attached hydrogens (tertiary/aromatic N) is 1. The number of rotatable bonds is 2. The van der Waals surface area contributed by atoms with E-state index >= 15 is 0 Å². The zero-order chi connectivity index (χ0) is 7.78. The highest BCUT2D eigenvalue weighted by molar-refractivity contribution is 4.87. The normalized spacial score (nSPS) is 28.2. The minimum Gasteiger partial charge on any atom is -0.326 e. The van der Waals surface area contributed by atoms with Crippen LogP contribution in [0.2, 0.25) is 0 Å². The van der Waals surface area contributed by atoms with E-state index in [0.29, 0.717) is 0 Å². The highest BCUT2D eigenvalue weighted by Gasteiger charge is 2.28. The second kappa shape index (κ2) is 2.51. The molecule has 0 bridgehead atoms. The molecule has 0 saturated carbocycles. The zero-order valence-corrected chi connectivity index (χ0v) is 7.22. The van der Waals surface area contributed by atoms with Gasteiger partial charge in [0.05, 0.1) is 0 Å². The summed E-state index contributed by atoms with van der Waals surface area (Å²) in [6.07, 6.45) is 2.46. The molecule has 1 saturated heterocycles. The van der Waals surface area contributed by atoms with Gasteiger partial charge in [0, 0.05) is 11.6 Å². The van der Waals surface area contributed by atoms with Crippen LogP contribution in [0.4, 0.5) is 0 Å². The standard InChI is InChI=1S/C8H18N2/c1-8(2,9)6-7-4-5-10(7)3/h7H,4-6,9H2,1-3H3. The third-order valence-corrected chi connectivity index (χ3v) is 2.20. The molecule has 0 radical (unpaired) electrons. The molecule has 1 aliphatic heterocycles. The van der Waals surface area contributed by atoms with Crippen molar-refractivity contribution in [3.63, 3.8) is 0 Å². The predicted molar refractivity (Wildman–Crippen MR) is 43.9 cm³/mol. The number of nitrogens with two attached hydrogens (primary N) is 1. The predicted octanol–water partition coefficient (Wildman–Crippen LogP) is 0.818. The van der Waals surface area contributed by atoms with Crippen LogP contribution in [-0.2, 0) is 0 Å². The van der Waals surface area contributed by atoms with Gasteiger partial charge in [-0.25, -0.2) is 0 Å². The van der Waals surface area contributed by atoms with Crippen molar-refractivity contribution in [3.8, 4) is 0 Å². The van der Waals surface area contributed by atoms with Crippen LogP contribution in [-0.4, -0.2) is 30.1 Å². The molecule has 1 heterocycles. The molecule has 0 aromatic heterocycles. The first kappa shape index (κ1) is 8.02. The molecule has 0 aromatic rings. The van der Waals surface area contributed by atoms with Crippen LogP contribution < -0.4 is 5.73 Å². The minimum atomic E-state index is 0.0132. The monoisotopic (exact) mass is 142 g/mol. The van der Waals surface area contributed by atoms with E-state index in [2.05, 4.69) is 25.8 Å². The minimum absolute atomic E-state index is 0.0132. The molecule has 60 valence electrons.